The highest BCUT2D eigenvalue weighted by atomic mass is 19.1. The molecule has 128 valence electrons. The minimum absolute atomic E-state index is 0.0436. The number of hydrogen-bond acceptors (Lipinski definition) is 4. The predicted octanol–water partition coefficient (Wildman–Crippen LogP) is 2.15. The molecule has 1 N–H and O–H groups in total. The van der Waals surface area contributed by atoms with Crippen LogP contribution >= 0.6 is 0 Å². The van der Waals surface area contributed by atoms with E-state index in [1.807, 2.05) is 11.8 Å². The summed E-state index contributed by atoms with van der Waals surface area (Å²) in [5, 5.41) is 2.30. The van der Waals surface area contributed by atoms with Gasteiger partial charge in [-0.3, -0.25) is 14.9 Å². The van der Waals surface area contributed by atoms with Gasteiger partial charge >= 0.3 is 0 Å². The second-order valence-corrected chi connectivity index (χ2v) is 6.68. The fraction of sp³-hybridized carbons (Fsp3) is 0.500. The molecular formula is C18H21FN2O3. The average Bonchev–Trinajstić information content (AvgIpc) is 2.55. The molecule has 2 amide bonds. The largest absolute Gasteiger partial charge is 0.366 e. The average molecular weight is 332 g/mol. The zero-order valence-corrected chi connectivity index (χ0v) is 13.6. The Hall–Kier alpha value is -2.24. The van der Waals surface area contributed by atoms with E-state index >= 15 is 0 Å². The number of rotatable bonds is 3. The van der Waals surface area contributed by atoms with Crippen LogP contribution in [0, 0.1) is 11.7 Å². The lowest BCUT2D eigenvalue weighted by atomic mass is 9.89. The molecule has 1 aromatic carbocycles. The Morgan fingerprint density at radius 3 is 2.71 bits per heavy atom. The summed E-state index contributed by atoms with van der Waals surface area (Å²) in [7, 11) is 0. The lowest BCUT2D eigenvalue weighted by Gasteiger charge is -2.38. The second-order valence-electron chi connectivity index (χ2n) is 6.68. The molecular weight excluding hydrogens is 311 g/mol. The molecule has 0 aromatic heterocycles. The van der Waals surface area contributed by atoms with Gasteiger partial charge in [-0.1, -0.05) is 6.07 Å². The van der Waals surface area contributed by atoms with Gasteiger partial charge in [0.2, 0.25) is 11.8 Å². The molecule has 5 nitrogen and oxygen atoms in total. The molecule has 0 spiro atoms. The Kier molecular flexibility index (Phi) is 4.64. The van der Waals surface area contributed by atoms with Gasteiger partial charge in [-0.2, -0.15) is 0 Å². The predicted molar refractivity (Wildman–Crippen MR) is 87.1 cm³/mol. The van der Waals surface area contributed by atoms with Gasteiger partial charge in [-0.25, -0.2) is 4.39 Å². The van der Waals surface area contributed by atoms with Crippen LogP contribution < -0.4 is 10.2 Å². The highest BCUT2D eigenvalue weighted by Gasteiger charge is 2.30. The molecule has 24 heavy (non-hydrogen) atoms. The molecule has 3 atom stereocenters. The van der Waals surface area contributed by atoms with Crippen molar-refractivity contribution >= 4 is 23.8 Å². The van der Waals surface area contributed by atoms with Gasteiger partial charge in [0, 0.05) is 24.9 Å². The quantitative estimate of drug-likeness (QED) is 0.680. The highest BCUT2D eigenvalue weighted by Crippen LogP contribution is 2.32. The molecule has 0 saturated carbocycles. The Balaban J connectivity index is 1.79. The van der Waals surface area contributed by atoms with Crippen molar-refractivity contribution in [3.05, 3.63) is 29.6 Å². The zero-order valence-electron chi connectivity index (χ0n) is 13.6. The SMILES string of the molecule is CC1CC(C=O)CCN1c1ccc(C2CCC(=O)NC2=O)cc1F. The molecule has 2 aliphatic heterocycles. The number of piperidine rings is 2. The Morgan fingerprint density at radius 2 is 2.08 bits per heavy atom. The molecule has 0 radical (unpaired) electrons. The van der Waals surface area contributed by atoms with Crippen molar-refractivity contribution in [3.8, 4) is 0 Å². The van der Waals surface area contributed by atoms with Crippen LogP contribution in [0.25, 0.3) is 0 Å². The van der Waals surface area contributed by atoms with Crippen LogP contribution in [0.1, 0.15) is 44.1 Å². The van der Waals surface area contributed by atoms with Crippen molar-refractivity contribution < 1.29 is 18.8 Å². The van der Waals surface area contributed by atoms with Crippen molar-refractivity contribution in [1.29, 1.82) is 0 Å². The zero-order chi connectivity index (χ0) is 17.3. The van der Waals surface area contributed by atoms with E-state index in [0.717, 1.165) is 19.1 Å². The van der Waals surface area contributed by atoms with Crippen molar-refractivity contribution in [2.24, 2.45) is 5.92 Å². The summed E-state index contributed by atoms with van der Waals surface area (Å²) in [5.41, 5.74) is 1.10. The number of amides is 2. The molecule has 2 saturated heterocycles. The molecule has 0 bridgehead atoms. The van der Waals surface area contributed by atoms with E-state index in [9.17, 15) is 18.8 Å². The smallest absolute Gasteiger partial charge is 0.234 e. The Morgan fingerprint density at radius 1 is 1.29 bits per heavy atom. The lowest BCUT2D eigenvalue weighted by molar-refractivity contribution is -0.134. The highest BCUT2D eigenvalue weighted by molar-refractivity contribution is 6.00. The molecule has 6 heteroatoms. The van der Waals surface area contributed by atoms with Crippen LogP contribution in [0.4, 0.5) is 10.1 Å². The van der Waals surface area contributed by atoms with E-state index in [2.05, 4.69) is 5.32 Å². The summed E-state index contributed by atoms with van der Waals surface area (Å²) < 4.78 is 14.6. The van der Waals surface area contributed by atoms with Gasteiger partial charge in [-0.15, -0.1) is 0 Å². The number of benzene rings is 1. The first-order chi connectivity index (χ1) is 11.5. The number of carbonyl (C=O) groups is 3. The molecule has 2 aliphatic rings. The van der Waals surface area contributed by atoms with Crippen LogP contribution in [-0.4, -0.2) is 30.7 Å². The number of nitrogens with one attached hydrogen (secondary N) is 1. The van der Waals surface area contributed by atoms with Crippen LogP contribution in [0.5, 0.6) is 0 Å². The summed E-state index contributed by atoms with van der Waals surface area (Å²) >= 11 is 0. The van der Waals surface area contributed by atoms with Gasteiger partial charge in [0.15, 0.2) is 0 Å². The summed E-state index contributed by atoms with van der Waals surface area (Å²) in [6.07, 6.45) is 3.11. The molecule has 1 aromatic rings. The number of hydrogen-bond donors (Lipinski definition) is 1. The third-order valence-corrected chi connectivity index (χ3v) is 5.03. The van der Waals surface area contributed by atoms with Crippen molar-refractivity contribution in [2.75, 3.05) is 11.4 Å². The van der Waals surface area contributed by atoms with E-state index < -0.39 is 5.92 Å². The van der Waals surface area contributed by atoms with Crippen molar-refractivity contribution in [1.82, 2.24) is 5.32 Å². The Labute approximate surface area is 140 Å². The molecule has 3 rings (SSSR count). The third kappa shape index (κ3) is 3.18. The third-order valence-electron chi connectivity index (χ3n) is 5.03. The van der Waals surface area contributed by atoms with Crippen molar-refractivity contribution in [2.45, 2.75) is 44.6 Å². The monoisotopic (exact) mass is 332 g/mol. The van der Waals surface area contributed by atoms with Gasteiger partial charge in [0.25, 0.3) is 0 Å². The standard InChI is InChI=1S/C18H21FN2O3/c1-11-8-12(10-22)6-7-21(11)16-4-2-13(9-15(16)19)14-3-5-17(23)20-18(14)24/h2,4,9-12,14H,3,5-8H2,1H3,(H,20,23,24). The molecule has 0 aliphatic carbocycles. The van der Waals surface area contributed by atoms with Crippen LogP contribution in [0.3, 0.4) is 0 Å². The van der Waals surface area contributed by atoms with Gasteiger partial charge in [0.1, 0.15) is 12.1 Å². The number of aldehydes is 1. The number of anilines is 1. The Bertz CT molecular complexity index is 676. The van der Waals surface area contributed by atoms with E-state index in [1.165, 1.54) is 6.07 Å². The summed E-state index contributed by atoms with van der Waals surface area (Å²) in [6.45, 7) is 2.63. The molecule has 2 fully saturated rings. The first kappa shape index (κ1) is 16.6. The lowest BCUT2D eigenvalue weighted by Crippen LogP contribution is -2.42. The van der Waals surface area contributed by atoms with Crippen LogP contribution in [-0.2, 0) is 14.4 Å². The second kappa shape index (κ2) is 6.71. The fourth-order valence-electron chi connectivity index (χ4n) is 3.67. The maximum Gasteiger partial charge on any atom is 0.234 e. The van der Waals surface area contributed by atoms with E-state index in [1.54, 1.807) is 12.1 Å². The molecule has 3 unspecified atom stereocenters. The topological polar surface area (TPSA) is 66.5 Å². The fourth-order valence-corrected chi connectivity index (χ4v) is 3.67. The first-order valence-corrected chi connectivity index (χ1v) is 8.34. The van der Waals surface area contributed by atoms with Crippen LogP contribution in [0.15, 0.2) is 18.2 Å². The molecule has 2 heterocycles. The summed E-state index contributed by atoms with van der Waals surface area (Å²) in [4.78, 5) is 36.1. The van der Waals surface area contributed by atoms with E-state index in [0.29, 0.717) is 24.2 Å². The number of imide groups is 1. The summed E-state index contributed by atoms with van der Waals surface area (Å²) in [6, 6.07) is 4.95. The summed E-state index contributed by atoms with van der Waals surface area (Å²) in [5.74, 6) is -1.45. The number of halogens is 1. The minimum Gasteiger partial charge on any atom is -0.366 e. The number of carbonyl (C=O) groups excluding carboxylic acids is 3. The first-order valence-electron chi connectivity index (χ1n) is 8.34. The maximum atomic E-state index is 14.6. The van der Waals surface area contributed by atoms with E-state index in [4.69, 9.17) is 0 Å². The van der Waals surface area contributed by atoms with Gasteiger partial charge in [0.05, 0.1) is 11.6 Å². The minimum atomic E-state index is -0.482. The van der Waals surface area contributed by atoms with Crippen molar-refractivity contribution in [3.63, 3.8) is 0 Å². The van der Waals surface area contributed by atoms with Crippen LogP contribution in [0.2, 0.25) is 0 Å². The maximum absolute atomic E-state index is 14.6. The normalized spacial score (nSPS) is 27.8. The van der Waals surface area contributed by atoms with Gasteiger partial charge in [-0.05, 0) is 43.9 Å². The number of nitrogens with zero attached hydrogens (tertiary/aromatic N) is 1. The van der Waals surface area contributed by atoms with Gasteiger partial charge < -0.3 is 9.69 Å². The van der Waals surface area contributed by atoms with E-state index in [-0.39, 0.29) is 36.0 Å².